The summed E-state index contributed by atoms with van der Waals surface area (Å²) in [5.74, 6) is 0.750. The summed E-state index contributed by atoms with van der Waals surface area (Å²) < 4.78 is 29.2. The monoisotopic (exact) mass is 436 g/mol. The van der Waals surface area contributed by atoms with E-state index in [-0.39, 0.29) is 35.7 Å². The number of aromatic nitrogens is 2. The van der Waals surface area contributed by atoms with E-state index in [0.717, 1.165) is 25.7 Å². The molecule has 0 unspecified atom stereocenters. The van der Waals surface area contributed by atoms with E-state index in [1.807, 2.05) is 0 Å². The summed E-state index contributed by atoms with van der Waals surface area (Å²) in [6.45, 7) is -2.05. The van der Waals surface area contributed by atoms with Crippen LogP contribution in [0.2, 0.25) is 0 Å². The second-order valence-corrected chi connectivity index (χ2v) is 7.69. The van der Waals surface area contributed by atoms with Gasteiger partial charge in [-0.05, 0) is 68.2 Å². The summed E-state index contributed by atoms with van der Waals surface area (Å²) >= 11 is 0. The molecule has 3 rings (SSSR count). The van der Waals surface area contributed by atoms with Gasteiger partial charge in [0.1, 0.15) is 11.4 Å². The van der Waals surface area contributed by atoms with Crippen LogP contribution in [0.3, 0.4) is 0 Å². The molecule has 11 heteroatoms. The first kappa shape index (κ1) is 22.6. The molecule has 0 spiro atoms. The third-order valence-electron chi connectivity index (χ3n) is 5.52. The van der Waals surface area contributed by atoms with Crippen LogP contribution in [0.4, 0.5) is 26.2 Å². The van der Waals surface area contributed by atoms with Gasteiger partial charge in [0.2, 0.25) is 11.8 Å². The Bertz CT molecular complexity index is 906. The number of nitrogens with two attached hydrogens (primary N) is 2. The minimum atomic E-state index is -2.91. The van der Waals surface area contributed by atoms with Crippen molar-refractivity contribution in [3.8, 4) is 5.75 Å². The second kappa shape index (κ2) is 10.3. The molecule has 31 heavy (non-hydrogen) atoms. The van der Waals surface area contributed by atoms with Gasteiger partial charge in [0.25, 0.3) is 0 Å². The van der Waals surface area contributed by atoms with E-state index in [2.05, 4.69) is 20.0 Å². The Morgan fingerprint density at radius 2 is 1.94 bits per heavy atom. The SMILES string of the molecule is NCC1CCC(Cc2nc(NCc3cccc(OC(F)F)c3)nc(N)c2[N+](=O)[O-])CC1. The highest BCUT2D eigenvalue weighted by molar-refractivity contribution is 5.58. The van der Waals surface area contributed by atoms with Crippen molar-refractivity contribution in [2.75, 3.05) is 17.6 Å². The topological polar surface area (TPSA) is 142 Å². The number of alkyl halides is 2. The average Bonchev–Trinajstić information content (AvgIpc) is 2.72. The van der Waals surface area contributed by atoms with E-state index in [1.165, 1.54) is 12.1 Å². The summed E-state index contributed by atoms with van der Waals surface area (Å²) in [6, 6.07) is 6.19. The summed E-state index contributed by atoms with van der Waals surface area (Å²) in [5.41, 5.74) is 12.3. The number of hydrogen-bond donors (Lipinski definition) is 3. The number of nitro groups is 1. The number of ether oxygens (including phenoxy) is 1. The first-order valence-corrected chi connectivity index (χ1v) is 10.1. The van der Waals surface area contributed by atoms with Crippen LogP contribution in [0.15, 0.2) is 24.3 Å². The Morgan fingerprint density at radius 1 is 1.23 bits per heavy atom. The molecule has 1 aromatic heterocycles. The van der Waals surface area contributed by atoms with Crippen molar-refractivity contribution in [1.29, 1.82) is 0 Å². The number of anilines is 2. The van der Waals surface area contributed by atoms with E-state index >= 15 is 0 Å². The molecule has 1 heterocycles. The van der Waals surface area contributed by atoms with Gasteiger partial charge in [0.15, 0.2) is 0 Å². The summed E-state index contributed by atoms with van der Waals surface area (Å²) in [4.78, 5) is 19.3. The molecular formula is C20H26F2N6O3. The third-order valence-corrected chi connectivity index (χ3v) is 5.52. The van der Waals surface area contributed by atoms with Gasteiger partial charge in [0, 0.05) is 6.54 Å². The normalized spacial score (nSPS) is 18.7. The zero-order chi connectivity index (χ0) is 22.4. The molecule has 5 N–H and O–H groups in total. The van der Waals surface area contributed by atoms with Crippen LogP contribution in [-0.2, 0) is 13.0 Å². The van der Waals surface area contributed by atoms with Crippen LogP contribution in [0, 0.1) is 22.0 Å². The van der Waals surface area contributed by atoms with Gasteiger partial charge in [-0.2, -0.15) is 13.8 Å². The van der Waals surface area contributed by atoms with Crippen molar-refractivity contribution >= 4 is 17.5 Å². The molecule has 1 saturated carbocycles. The number of nitrogens with one attached hydrogen (secondary N) is 1. The van der Waals surface area contributed by atoms with Gasteiger partial charge in [0.05, 0.1) is 4.92 Å². The van der Waals surface area contributed by atoms with Crippen LogP contribution < -0.4 is 21.5 Å². The summed E-state index contributed by atoms with van der Waals surface area (Å²) in [5, 5.41) is 14.5. The molecule has 1 aliphatic carbocycles. The lowest BCUT2D eigenvalue weighted by atomic mass is 9.80. The van der Waals surface area contributed by atoms with E-state index in [0.29, 0.717) is 30.1 Å². The number of halogens is 2. The molecule has 1 aliphatic rings. The first-order chi connectivity index (χ1) is 14.9. The van der Waals surface area contributed by atoms with Crippen LogP contribution in [0.5, 0.6) is 5.75 Å². The molecule has 0 atom stereocenters. The van der Waals surface area contributed by atoms with Crippen LogP contribution in [0.1, 0.15) is 36.9 Å². The quantitative estimate of drug-likeness (QED) is 0.400. The fourth-order valence-electron chi connectivity index (χ4n) is 3.90. The number of benzene rings is 1. The lowest BCUT2D eigenvalue weighted by molar-refractivity contribution is -0.385. The molecule has 1 aromatic carbocycles. The maximum Gasteiger partial charge on any atom is 0.387 e. The van der Waals surface area contributed by atoms with Crippen molar-refractivity contribution < 1.29 is 18.4 Å². The molecule has 0 bridgehead atoms. The predicted octanol–water partition coefficient (Wildman–Crippen LogP) is 3.49. The first-order valence-electron chi connectivity index (χ1n) is 10.1. The standard InChI is InChI=1S/C20H26F2N6O3/c21-19(22)31-15-3-1-2-14(8-15)11-25-20-26-16(17(28(29)30)18(24)27-20)9-12-4-6-13(10-23)7-5-12/h1-3,8,12-13,19H,4-7,9-11,23H2,(H3,24,25,26,27). The predicted molar refractivity (Wildman–Crippen MR) is 112 cm³/mol. The van der Waals surface area contributed by atoms with E-state index < -0.39 is 11.5 Å². The zero-order valence-corrected chi connectivity index (χ0v) is 17.0. The fourth-order valence-corrected chi connectivity index (χ4v) is 3.90. The van der Waals surface area contributed by atoms with Gasteiger partial charge < -0.3 is 21.5 Å². The van der Waals surface area contributed by atoms with Crippen molar-refractivity contribution in [3.05, 3.63) is 45.6 Å². The molecule has 0 radical (unpaired) electrons. The molecule has 2 aromatic rings. The molecule has 1 fully saturated rings. The molecule has 0 amide bonds. The number of hydrogen-bond acceptors (Lipinski definition) is 8. The highest BCUT2D eigenvalue weighted by Gasteiger charge is 2.27. The molecule has 9 nitrogen and oxygen atoms in total. The highest BCUT2D eigenvalue weighted by Crippen LogP contribution is 2.34. The second-order valence-electron chi connectivity index (χ2n) is 7.69. The average molecular weight is 436 g/mol. The maximum atomic E-state index is 12.4. The largest absolute Gasteiger partial charge is 0.435 e. The number of nitrogen functional groups attached to an aromatic ring is 1. The van der Waals surface area contributed by atoms with Crippen molar-refractivity contribution in [1.82, 2.24) is 9.97 Å². The molecule has 0 aliphatic heterocycles. The smallest absolute Gasteiger partial charge is 0.387 e. The lowest BCUT2D eigenvalue weighted by Gasteiger charge is -2.27. The van der Waals surface area contributed by atoms with Crippen molar-refractivity contribution in [3.63, 3.8) is 0 Å². The highest BCUT2D eigenvalue weighted by atomic mass is 19.3. The minimum Gasteiger partial charge on any atom is -0.435 e. The van der Waals surface area contributed by atoms with Crippen LogP contribution in [-0.4, -0.2) is 28.0 Å². The Morgan fingerprint density at radius 3 is 2.58 bits per heavy atom. The minimum absolute atomic E-state index is 0.0344. The number of nitrogens with zero attached hydrogens (tertiary/aromatic N) is 3. The Balaban J connectivity index is 1.73. The van der Waals surface area contributed by atoms with E-state index in [1.54, 1.807) is 12.1 Å². The van der Waals surface area contributed by atoms with Crippen LogP contribution >= 0.6 is 0 Å². The van der Waals surface area contributed by atoms with Crippen LogP contribution in [0.25, 0.3) is 0 Å². The summed E-state index contributed by atoms with van der Waals surface area (Å²) in [6.07, 6.45) is 4.30. The molecular weight excluding hydrogens is 410 g/mol. The van der Waals surface area contributed by atoms with Gasteiger partial charge in [-0.15, -0.1) is 0 Å². The Labute approximate surface area is 178 Å². The van der Waals surface area contributed by atoms with Gasteiger partial charge in [-0.25, -0.2) is 4.98 Å². The fraction of sp³-hybridized carbons (Fsp3) is 0.500. The zero-order valence-electron chi connectivity index (χ0n) is 17.0. The van der Waals surface area contributed by atoms with Gasteiger partial charge in [-0.3, -0.25) is 10.1 Å². The molecule has 0 saturated heterocycles. The van der Waals surface area contributed by atoms with Crippen molar-refractivity contribution in [2.45, 2.75) is 45.3 Å². The Kier molecular flexibility index (Phi) is 7.50. The van der Waals surface area contributed by atoms with Gasteiger partial charge in [-0.1, -0.05) is 12.1 Å². The van der Waals surface area contributed by atoms with E-state index in [9.17, 15) is 18.9 Å². The van der Waals surface area contributed by atoms with Gasteiger partial charge >= 0.3 is 12.3 Å². The van der Waals surface area contributed by atoms with E-state index in [4.69, 9.17) is 11.5 Å². The Hall–Kier alpha value is -3.08. The third kappa shape index (κ3) is 6.20. The summed E-state index contributed by atoms with van der Waals surface area (Å²) in [7, 11) is 0. The number of rotatable bonds is 9. The van der Waals surface area contributed by atoms with Crippen molar-refractivity contribution in [2.24, 2.45) is 17.6 Å². The maximum absolute atomic E-state index is 12.4. The lowest BCUT2D eigenvalue weighted by Crippen LogP contribution is -2.23. The molecule has 168 valence electrons.